The Morgan fingerprint density at radius 2 is 1.76 bits per heavy atom. The third kappa shape index (κ3) is 3.20. The van der Waals surface area contributed by atoms with Gasteiger partial charge < -0.3 is 5.11 Å². The van der Waals surface area contributed by atoms with E-state index in [-0.39, 0.29) is 6.61 Å². The summed E-state index contributed by atoms with van der Waals surface area (Å²) in [5, 5.41) is 8.61. The van der Waals surface area contributed by atoms with Gasteiger partial charge in [0.2, 0.25) is 0 Å². The maximum atomic E-state index is 8.61. The van der Waals surface area contributed by atoms with Crippen molar-refractivity contribution in [2.75, 3.05) is 6.61 Å². The number of halogens is 1. The van der Waals surface area contributed by atoms with Gasteiger partial charge in [-0.05, 0) is 35.4 Å². The Morgan fingerprint density at radius 3 is 2.41 bits per heavy atom. The maximum Gasteiger partial charge on any atom is 0.104 e. The highest BCUT2D eigenvalue weighted by Crippen LogP contribution is 2.22. The molecule has 2 heteroatoms. The van der Waals surface area contributed by atoms with E-state index in [0.29, 0.717) is 0 Å². The van der Waals surface area contributed by atoms with E-state index in [2.05, 4.69) is 39.9 Å². The van der Waals surface area contributed by atoms with Gasteiger partial charge in [-0.3, -0.25) is 0 Å². The van der Waals surface area contributed by atoms with E-state index >= 15 is 0 Å². The van der Waals surface area contributed by atoms with Gasteiger partial charge in [0.25, 0.3) is 0 Å². The van der Waals surface area contributed by atoms with Crippen molar-refractivity contribution in [3.05, 3.63) is 58.6 Å². The van der Waals surface area contributed by atoms with Gasteiger partial charge in [-0.25, -0.2) is 0 Å². The van der Waals surface area contributed by atoms with Crippen LogP contribution < -0.4 is 0 Å². The SMILES string of the molecule is OCC#Cc1ccc(-c2cccc(Br)c2)cc1. The number of aliphatic hydroxyl groups excluding tert-OH is 1. The molecule has 0 radical (unpaired) electrons. The average Bonchev–Trinajstić information content (AvgIpc) is 2.37. The van der Waals surface area contributed by atoms with Crippen LogP contribution in [0.15, 0.2) is 53.0 Å². The Hall–Kier alpha value is -1.56. The first kappa shape index (κ1) is 11.9. The molecular weight excluding hydrogens is 276 g/mol. The van der Waals surface area contributed by atoms with E-state index in [0.717, 1.165) is 15.6 Å². The summed E-state index contributed by atoms with van der Waals surface area (Å²) in [4.78, 5) is 0. The summed E-state index contributed by atoms with van der Waals surface area (Å²) < 4.78 is 1.07. The van der Waals surface area contributed by atoms with Crippen molar-refractivity contribution in [3.8, 4) is 23.0 Å². The van der Waals surface area contributed by atoms with Crippen molar-refractivity contribution < 1.29 is 5.11 Å². The van der Waals surface area contributed by atoms with Gasteiger partial charge in [-0.2, -0.15) is 0 Å². The van der Waals surface area contributed by atoms with Crippen LogP contribution in [0.3, 0.4) is 0 Å². The first-order valence-corrected chi connectivity index (χ1v) is 6.04. The van der Waals surface area contributed by atoms with Gasteiger partial charge in [0, 0.05) is 10.0 Å². The highest BCUT2D eigenvalue weighted by atomic mass is 79.9. The van der Waals surface area contributed by atoms with Crippen LogP contribution in [0.5, 0.6) is 0 Å². The van der Waals surface area contributed by atoms with E-state index in [1.54, 1.807) is 0 Å². The summed E-state index contributed by atoms with van der Waals surface area (Å²) in [6.45, 7) is -0.104. The van der Waals surface area contributed by atoms with E-state index in [1.165, 1.54) is 5.56 Å². The zero-order valence-corrected chi connectivity index (χ0v) is 10.7. The normalized spacial score (nSPS) is 9.53. The molecular formula is C15H11BrO. The van der Waals surface area contributed by atoms with Gasteiger partial charge in [0.15, 0.2) is 0 Å². The monoisotopic (exact) mass is 286 g/mol. The van der Waals surface area contributed by atoms with Gasteiger partial charge >= 0.3 is 0 Å². The molecule has 0 spiro atoms. The van der Waals surface area contributed by atoms with E-state index in [1.807, 2.05) is 36.4 Å². The van der Waals surface area contributed by atoms with Crippen LogP contribution in [0, 0.1) is 11.8 Å². The van der Waals surface area contributed by atoms with Crippen LogP contribution in [-0.2, 0) is 0 Å². The fourth-order valence-corrected chi connectivity index (χ4v) is 1.95. The molecule has 2 aromatic carbocycles. The van der Waals surface area contributed by atoms with E-state index < -0.39 is 0 Å². The molecule has 84 valence electrons. The standard InChI is InChI=1S/C15H11BrO/c16-15-5-1-4-14(11-15)13-8-6-12(7-9-13)3-2-10-17/h1,4-9,11,17H,10H2. The fourth-order valence-electron chi connectivity index (χ4n) is 1.56. The van der Waals surface area contributed by atoms with Gasteiger partial charge in [-0.1, -0.05) is 52.0 Å². The molecule has 17 heavy (non-hydrogen) atoms. The summed E-state index contributed by atoms with van der Waals surface area (Å²) in [5.41, 5.74) is 3.24. The lowest BCUT2D eigenvalue weighted by atomic mass is 10.0. The van der Waals surface area contributed by atoms with Crippen molar-refractivity contribution in [2.24, 2.45) is 0 Å². The van der Waals surface area contributed by atoms with Crippen LogP contribution in [0.4, 0.5) is 0 Å². The highest BCUT2D eigenvalue weighted by Gasteiger charge is 1.97. The first-order chi connectivity index (χ1) is 8.29. The molecule has 2 rings (SSSR count). The molecule has 0 aliphatic rings. The van der Waals surface area contributed by atoms with Crippen LogP contribution in [0.2, 0.25) is 0 Å². The molecule has 2 aromatic rings. The minimum atomic E-state index is -0.104. The van der Waals surface area contributed by atoms with Crippen LogP contribution in [0.1, 0.15) is 5.56 Å². The third-order valence-corrected chi connectivity index (χ3v) is 2.85. The number of hydrogen-bond donors (Lipinski definition) is 1. The average molecular weight is 287 g/mol. The van der Waals surface area contributed by atoms with Crippen LogP contribution in [-0.4, -0.2) is 11.7 Å². The van der Waals surface area contributed by atoms with Crippen molar-refractivity contribution in [1.29, 1.82) is 0 Å². The molecule has 0 aromatic heterocycles. The molecule has 0 fully saturated rings. The predicted octanol–water partition coefficient (Wildman–Crippen LogP) is 3.46. The lowest BCUT2D eigenvalue weighted by Crippen LogP contribution is -1.80. The van der Waals surface area contributed by atoms with Crippen LogP contribution in [0.25, 0.3) is 11.1 Å². The molecule has 0 heterocycles. The largest absolute Gasteiger partial charge is 0.384 e. The molecule has 0 saturated heterocycles. The number of rotatable bonds is 1. The molecule has 1 nitrogen and oxygen atoms in total. The Labute approximate surface area is 109 Å². The summed E-state index contributed by atoms with van der Waals surface area (Å²) in [7, 11) is 0. The molecule has 0 unspecified atom stereocenters. The third-order valence-electron chi connectivity index (χ3n) is 2.35. The lowest BCUT2D eigenvalue weighted by Gasteiger charge is -2.02. The number of benzene rings is 2. The van der Waals surface area contributed by atoms with Gasteiger partial charge in [0.05, 0.1) is 0 Å². The predicted molar refractivity (Wildman–Crippen MR) is 73.5 cm³/mol. The summed E-state index contributed by atoms with van der Waals surface area (Å²) in [5.74, 6) is 5.51. The van der Waals surface area contributed by atoms with Crippen molar-refractivity contribution in [1.82, 2.24) is 0 Å². The smallest absolute Gasteiger partial charge is 0.104 e. The zero-order valence-electron chi connectivity index (χ0n) is 9.15. The first-order valence-electron chi connectivity index (χ1n) is 5.25. The highest BCUT2D eigenvalue weighted by molar-refractivity contribution is 9.10. The Kier molecular flexibility index (Phi) is 3.98. The Morgan fingerprint density at radius 1 is 1.00 bits per heavy atom. The molecule has 0 bridgehead atoms. The number of aliphatic hydroxyl groups is 1. The molecule has 0 amide bonds. The molecule has 0 aliphatic heterocycles. The van der Waals surface area contributed by atoms with Crippen LogP contribution >= 0.6 is 15.9 Å². The molecule has 0 aliphatic carbocycles. The topological polar surface area (TPSA) is 20.2 Å². The second-order valence-electron chi connectivity index (χ2n) is 3.55. The maximum absolute atomic E-state index is 8.61. The fraction of sp³-hybridized carbons (Fsp3) is 0.0667. The van der Waals surface area contributed by atoms with E-state index in [4.69, 9.17) is 5.11 Å². The summed E-state index contributed by atoms with van der Waals surface area (Å²) in [6.07, 6.45) is 0. The minimum absolute atomic E-state index is 0.104. The lowest BCUT2D eigenvalue weighted by molar-refractivity contribution is 0.350. The quantitative estimate of drug-likeness (QED) is 0.796. The Balaban J connectivity index is 2.29. The van der Waals surface area contributed by atoms with Crippen molar-refractivity contribution in [3.63, 3.8) is 0 Å². The molecule has 1 N–H and O–H groups in total. The van der Waals surface area contributed by atoms with E-state index in [9.17, 15) is 0 Å². The Bertz CT molecular complexity index is 561. The van der Waals surface area contributed by atoms with Gasteiger partial charge in [-0.15, -0.1) is 0 Å². The summed E-state index contributed by atoms with van der Waals surface area (Å²) >= 11 is 3.46. The summed E-state index contributed by atoms with van der Waals surface area (Å²) in [6, 6.07) is 16.1. The van der Waals surface area contributed by atoms with Crippen molar-refractivity contribution in [2.45, 2.75) is 0 Å². The minimum Gasteiger partial charge on any atom is -0.384 e. The van der Waals surface area contributed by atoms with Crippen molar-refractivity contribution >= 4 is 15.9 Å². The second kappa shape index (κ2) is 5.67. The van der Waals surface area contributed by atoms with Gasteiger partial charge in [0.1, 0.15) is 6.61 Å². The zero-order chi connectivity index (χ0) is 12.1. The number of hydrogen-bond acceptors (Lipinski definition) is 1. The molecule has 0 atom stereocenters. The second-order valence-corrected chi connectivity index (χ2v) is 4.46. The molecule has 0 saturated carbocycles.